The second-order valence-electron chi connectivity index (χ2n) is 9.84. The lowest BCUT2D eigenvalue weighted by molar-refractivity contribution is -0.393. The van der Waals surface area contributed by atoms with Gasteiger partial charge in [0.1, 0.15) is 0 Å². The highest BCUT2D eigenvalue weighted by atomic mass is 16.6. The maximum absolute atomic E-state index is 12.3. The Hall–Kier alpha value is -6.03. The lowest BCUT2D eigenvalue weighted by Gasteiger charge is -2.10. The van der Waals surface area contributed by atoms with E-state index in [1.54, 1.807) is 0 Å². The third-order valence-corrected chi connectivity index (χ3v) is 7.44. The number of hydrogen-bond acceptors (Lipinski definition) is 7. The van der Waals surface area contributed by atoms with Gasteiger partial charge in [-0.3, -0.25) is 35.1 Å². The summed E-state index contributed by atoms with van der Waals surface area (Å²) in [5.41, 5.74) is -0.381. The van der Waals surface area contributed by atoms with Gasteiger partial charge < -0.3 is 0 Å². The van der Waals surface area contributed by atoms with Gasteiger partial charge in [0.25, 0.3) is 17.1 Å². The van der Waals surface area contributed by atoms with Crippen LogP contribution in [0.2, 0.25) is 0 Å². The quantitative estimate of drug-likeness (QED) is 0.121. The molecule has 0 N–H and O–H groups in total. The summed E-state index contributed by atoms with van der Waals surface area (Å²) in [6, 6.07) is 29.1. The molecule has 0 saturated heterocycles. The molecule has 1 aliphatic rings. The van der Waals surface area contributed by atoms with Crippen LogP contribution in [-0.4, -0.2) is 20.6 Å². The van der Waals surface area contributed by atoms with Gasteiger partial charge in [-0.2, -0.15) is 0 Å². The number of non-ortho nitro benzene ring substituents is 2. The smallest absolute Gasteiger partial charge is 0.284 e. The fourth-order valence-electron chi connectivity index (χ4n) is 5.59. The van der Waals surface area contributed by atoms with E-state index in [0.717, 1.165) is 24.3 Å². The lowest BCUT2D eigenvalue weighted by Crippen LogP contribution is -2.00. The molecule has 6 aromatic rings. The summed E-state index contributed by atoms with van der Waals surface area (Å²) in [6.45, 7) is 2.19. The number of nitrogens with zero attached hydrogens (tertiary/aromatic N) is 3. The van der Waals surface area contributed by atoms with Gasteiger partial charge in [-0.05, 0) is 50.9 Å². The van der Waals surface area contributed by atoms with Crippen LogP contribution in [-0.2, 0) is 0 Å². The highest BCUT2D eigenvalue weighted by molar-refractivity contribution is 6.24. The summed E-state index contributed by atoms with van der Waals surface area (Å²) in [7, 11) is 0. The predicted molar refractivity (Wildman–Crippen MR) is 159 cm³/mol. The fourth-order valence-corrected chi connectivity index (χ4v) is 5.59. The van der Waals surface area contributed by atoms with E-state index in [2.05, 4.69) is 73.7 Å². The summed E-state index contributed by atoms with van der Waals surface area (Å²) >= 11 is 0. The molecule has 0 saturated carbocycles. The number of aryl methyl sites for hydroxylation is 1. The number of ketones is 1. The Kier molecular flexibility index (Phi) is 6.15. The standard InChI is InChI=1S/C19H14.C13H5N3O7/c1-13-12-15-11-10-14-6-2-3-8-17(14)19(15)18-9-5-4-7-16(13)18;17-13-9-3-6(14(18)19)1-2-8(9)12-10(13)4-7(15(20)21)5-11(12)16(22)23/h2-12H,1H3;1-5H. The van der Waals surface area contributed by atoms with Gasteiger partial charge in [0, 0.05) is 34.9 Å². The first-order valence-electron chi connectivity index (χ1n) is 12.8. The third-order valence-electron chi connectivity index (χ3n) is 7.44. The molecule has 0 atom stereocenters. The number of nitro groups is 3. The highest BCUT2D eigenvalue weighted by Gasteiger charge is 2.36. The van der Waals surface area contributed by atoms with Gasteiger partial charge in [0.05, 0.1) is 26.4 Å². The van der Waals surface area contributed by atoms with Crippen molar-refractivity contribution >= 4 is 55.2 Å². The Morgan fingerprint density at radius 1 is 0.548 bits per heavy atom. The predicted octanol–water partition coefficient (Wildman–Crippen LogP) is 8.08. The van der Waals surface area contributed by atoms with E-state index >= 15 is 0 Å². The van der Waals surface area contributed by atoms with Crippen LogP contribution < -0.4 is 0 Å². The second-order valence-corrected chi connectivity index (χ2v) is 9.84. The van der Waals surface area contributed by atoms with Gasteiger partial charge >= 0.3 is 0 Å². The van der Waals surface area contributed by atoms with Crippen LogP contribution in [0.25, 0.3) is 43.4 Å². The summed E-state index contributed by atoms with van der Waals surface area (Å²) in [6.07, 6.45) is 0. The Labute approximate surface area is 236 Å². The molecule has 1 aliphatic carbocycles. The first-order chi connectivity index (χ1) is 20.2. The monoisotopic (exact) mass is 557 g/mol. The zero-order valence-electron chi connectivity index (χ0n) is 21.9. The number of carbonyl (C=O) groups is 1. The molecule has 0 spiro atoms. The van der Waals surface area contributed by atoms with Crippen molar-refractivity contribution in [3.63, 3.8) is 0 Å². The average Bonchev–Trinajstić information content (AvgIpc) is 3.27. The Morgan fingerprint density at radius 3 is 1.86 bits per heavy atom. The van der Waals surface area contributed by atoms with Gasteiger partial charge in [-0.1, -0.05) is 66.7 Å². The Morgan fingerprint density at radius 2 is 1.17 bits per heavy atom. The summed E-state index contributed by atoms with van der Waals surface area (Å²) in [5, 5.41) is 40.9. The van der Waals surface area contributed by atoms with Crippen molar-refractivity contribution in [1.29, 1.82) is 0 Å². The molecule has 0 aliphatic heterocycles. The van der Waals surface area contributed by atoms with Crippen molar-refractivity contribution in [2.24, 2.45) is 0 Å². The molecule has 0 amide bonds. The molecule has 0 radical (unpaired) electrons. The lowest BCUT2D eigenvalue weighted by atomic mass is 9.94. The van der Waals surface area contributed by atoms with E-state index in [-0.39, 0.29) is 27.9 Å². The topological polar surface area (TPSA) is 146 Å². The van der Waals surface area contributed by atoms with Crippen LogP contribution in [0.1, 0.15) is 21.5 Å². The number of benzene rings is 6. The number of carbonyl (C=O) groups excluding carboxylic acids is 1. The van der Waals surface area contributed by atoms with Crippen molar-refractivity contribution in [3.8, 4) is 11.1 Å². The molecular weight excluding hydrogens is 538 g/mol. The Balaban J connectivity index is 0.000000153. The maximum Gasteiger partial charge on any atom is 0.284 e. The van der Waals surface area contributed by atoms with E-state index in [9.17, 15) is 35.1 Å². The molecule has 10 nitrogen and oxygen atoms in total. The summed E-state index contributed by atoms with van der Waals surface area (Å²) < 4.78 is 0. The van der Waals surface area contributed by atoms with Crippen molar-refractivity contribution < 1.29 is 19.6 Å². The van der Waals surface area contributed by atoms with Crippen LogP contribution in [0.3, 0.4) is 0 Å². The largest absolute Gasteiger partial charge is 0.289 e. The van der Waals surface area contributed by atoms with Crippen LogP contribution >= 0.6 is 0 Å². The number of fused-ring (bicyclic) bond motifs is 8. The minimum atomic E-state index is -0.841. The molecule has 6 aromatic carbocycles. The van der Waals surface area contributed by atoms with Gasteiger partial charge in [0.2, 0.25) is 0 Å². The highest BCUT2D eigenvalue weighted by Crippen LogP contribution is 2.45. The molecule has 0 aromatic heterocycles. The Bertz CT molecular complexity index is 2170. The van der Waals surface area contributed by atoms with Crippen LogP contribution in [0.5, 0.6) is 0 Å². The zero-order valence-corrected chi connectivity index (χ0v) is 21.9. The molecule has 204 valence electrons. The molecule has 0 fully saturated rings. The maximum atomic E-state index is 12.3. The van der Waals surface area contributed by atoms with E-state index in [1.165, 1.54) is 43.9 Å². The molecule has 0 bridgehead atoms. The number of nitro benzene ring substituents is 3. The number of rotatable bonds is 3. The minimum absolute atomic E-state index is 0.0597. The normalized spacial score (nSPS) is 11.6. The second kappa shape index (κ2) is 9.86. The SMILES string of the molecule is Cc1cc2ccc3ccccc3c2c2ccccc12.O=C1c2cc([N+](=O)[O-])ccc2-c2c1cc([N+](=O)[O-])cc2[N+](=O)[O-]. The molecular formula is C32H19N3O7. The first kappa shape index (κ1) is 26.2. The molecule has 10 heteroatoms. The summed E-state index contributed by atoms with van der Waals surface area (Å²) in [4.78, 5) is 42.8. The van der Waals surface area contributed by atoms with Crippen molar-refractivity contribution in [3.05, 3.63) is 144 Å². The van der Waals surface area contributed by atoms with E-state index < -0.39 is 31.9 Å². The van der Waals surface area contributed by atoms with Crippen molar-refractivity contribution in [2.75, 3.05) is 0 Å². The van der Waals surface area contributed by atoms with Crippen LogP contribution in [0, 0.1) is 37.3 Å². The fraction of sp³-hybridized carbons (Fsp3) is 0.0312. The molecule has 42 heavy (non-hydrogen) atoms. The average molecular weight is 558 g/mol. The van der Waals surface area contributed by atoms with E-state index in [1.807, 2.05) is 0 Å². The van der Waals surface area contributed by atoms with Gasteiger partial charge in [0.15, 0.2) is 5.78 Å². The van der Waals surface area contributed by atoms with E-state index in [0.29, 0.717) is 0 Å². The third kappa shape index (κ3) is 4.18. The molecule has 7 rings (SSSR count). The van der Waals surface area contributed by atoms with Crippen molar-refractivity contribution in [1.82, 2.24) is 0 Å². The molecule has 0 unspecified atom stereocenters. The van der Waals surface area contributed by atoms with Gasteiger partial charge in [-0.25, -0.2) is 0 Å². The number of hydrogen-bond donors (Lipinski definition) is 0. The summed E-state index contributed by atoms with van der Waals surface area (Å²) in [5.74, 6) is -0.717. The zero-order chi connectivity index (χ0) is 29.7. The molecule has 0 heterocycles. The van der Waals surface area contributed by atoms with E-state index in [4.69, 9.17) is 0 Å². The van der Waals surface area contributed by atoms with Gasteiger partial charge in [-0.15, -0.1) is 0 Å². The van der Waals surface area contributed by atoms with Crippen LogP contribution in [0.15, 0.2) is 97.1 Å². The first-order valence-corrected chi connectivity index (χ1v) is 12.8. The minimum Gasteiger partial charge on any atom is -0.289 e. The van der Waals surface area contributed by atoms with Crippen molar-refractivity contribution in [2.45, 2.75) is 6.92 Å². The van der Waals surface area contributed by atoms with Crippen LogP contribution in [0.4, 0.5) is 17.1 Å².